The van der Waals surface area contributed by atoms with Crippen molar-refractivity contribution in [2.24, 2.45) is 0 Å². The fourth-order valence-electron chi connectivity index (χ4n) is 3.20. The van der Waals surface area contributed by atoms with Gasteiger partial charge in [0.15, 0.2) is 0 Å². The van der Waals surface area contributed by atoms with Crippen molar-refractivity contribution in [3.8, 4) is 11.5 Å². The van der Waals surface area contributed by atoms with Crippen LogP contribution in [0.15, 0.2) is 60.9 Å². The molecule has 0 spiro atoms. The number of benzene rings is 3. The molecule has 1 heterocycles. The highest BCUT2D eigenvalue weighted by Crippen LogP contribution is 2.33. The van der Waals surface area contributed by atoms with Crippen LogP contribution in [0, 0.1) is 27.7 Å². The van der Waals surface area contributed by atoms with Crippen LogP contribution in [-0.2, 0) is 0 Å². The van der Waals surface area contributed by atoms with Gasteiger partial charge in [0.25, 0.3) is 0 Å². The lowest BCUT2D eigenvalue weighted by Gasteiger charge is -2.16. The van der Waals surface area contributed by atoms with Crippen molar-refractivity contribution >= 4 is 34.8 Å². The SMILES string of the molecule is Cc1cc2ncnc(Nc3ccc(Oc4ccccc4)c(C)c3C)c2cc1C.Cl. The van der Waals surface area contributed by atoms with E-state index in [0.29, 0.717) is 0 Å². The zero-order valence-corrected chi connectivity index (χ0v) is 17.8. The van der Waals surface area contributed by atoms with Gasteiger partial charge in [0.2, 0.25) is 0 Å². The Bertz CT molecular complexity index is 1160. The smallest absolute Gasteiger partial charge is 0.141 e. The lowest BCUT2D eigenvalue weighted by atomic mass is 10.1. The summed E-state index contributed by atoms with van der Waals surface area (Å²) in [5.74, 6) is 2.50. The maximum absolute atomic E-state index is 6.04. The summed E-state index contributed by atoms with van der Waals surface area (Å²) in [6.45, 7) is 8.37. The number of aromatic nitrogens is 2. The lowest BCUT2D eigenvalue weighted by molar-refractivity contribution is 0.478. The summed E-state index contributed by atoms with van der Waals surface area (Å²) >= 11 is 0. The van der Waals surface area contributed by atoms with Gasteiger partial charge in [-0.1, -0.05) is 18.2 Å². The van der Waals surface area contributed by atoms with E-state index < -0.39 is 0 Å². The molecule has 0 atom stereocenters. The van der Waals surface area contributed by atoms with E-state index in [1.54, 1.807) is 6.33 Å². The van der Waals surface area contributed by atoms with E-state index in [9.17, 15) is 0 Å². The summed E-state index contributed by atoms with van der Waals surface area (Å²) in [7, 11) is 0. The van der Waals surface area contributed by atoms with E-state index in [-0.39, 0.29) is 12.4 Å². The van der Waals surface area contributed by atoms with Crippen molar-refractivity contribution in [2.45, 2.75) is 27.7 Å². The summed E-state index contributed by atoms with van der Waals surface area (Å²) in [5.41, 5.74) is 6.63. The van der Waals surface area contributed by atoms with Crippen LogP contribution in [0.25, 0.3) is 10.9 Å². The van der Waals surface area contributed by atoms with Crippen molar-refractivity contribution < 1.29 is 4.74 Å². The molecule has 148 valence electrons. The van der Waals surface area contributed by atoms with Gasteiger partial charge in [-0.05, 0) is 86.3 Å². The van der Waals surface area contributed by atoms with Crippen LogP contribution in [0.1, 0.15) is 22.3 Å². The minimum absolute atomic E-state index is 0. The molecule has 0 aliphatic rings. The zero-order valence-electron chi connectivity index (χ0n) is 17.0. The van der Waals surface area contributed by atoms with Gasteiger partial charge in [-0.15, -0.1) is 12.4 Å². The van der Waals surface area contributed by atoms with E-state index in [4.69, 9.17) is 4.74 Å². The number of nitrogens with one attached hydrogen (secondary N) is 1. The molecular weight excluding hydrogens is 382 g/mol. The van der Waals surface area contributed by atoms with Crippen LogP contribution in [0.4, 0.5) is 11.5 Å². The van der Waals surface area contributed by atoms with Crippen molar-refractivity contribution in [2.75, 3.05) is 5.32 Å². The topological polar surface area (TPSA) is 47.0 Å². The second kappa shape index (κ2) is 8.50. The molecule has 0 bridgehead atoms. The van der Waals surface area contributed by atoms with E-state index in [2.05, 4.69) is 55.1 Å². The second-order valence-electron chi connectivity index (χ2n) is 7.08. The highest BCUT2D eigenvalue weighted by atomic mass is 35.5. The Morgan fingerprint density at radius 1 is 0.793 bits per heavy atom. The zero-order chi connectivity index (χ0) is 19.7. The molecular formula is C24H24ClN3O. The molecule has 1 aromatic heterocycles. The van der Waals surface area contributed by atoms with Crippen molar-refractivity contribution in [3.05, 3.63) is 83.2 Å². The molecule has 0 amide bonds. The number of para-hydroxylation sites is 1. The number of hydrogen-bond acceptors (Lipinski definition) is 4. The predicted molar refractivity (Wildman–Crippen MR) is 122 cm³/mol. The van der Waals surface area contributed by atoms with E-state index in [1.807, 2.05) is 42.5 Å². The van der Waals surface area contributed by atoms with E-state index >= 15 is 0 Å². The number of halogens is 1. The first-order valence-electron chi connectivity index (χ1n) is 9.35. The standard InChI is InChI=1S/C24H23N3O.ClH/c1-15-12-20-22(13-16(15)2)25-14-26-24(20)27-21-10-11-23(18(4)17(21)3)28-19-8-6-5-7-9-19;/h5-14H,1-4H3,(H,25,26,27);1H. The number of hydrogen-bond donors (Lipinski definition) is 1. The minimum atomic E-state index is 0. The first-order chi connectivity index (χ1) is 13.5. The molecule has 3 aromatic carbocycles. The normalized spacial score (nSPS) is 10.5. The molecule has 0 saturated heterocycles. The van der Waals surface area contributed by atoms with Gasteiger partial charge >= 0.3 is 0 Å². The Labute approximate surface area is 177 Å². The van der Waals surface area contributed by atoms with Crippen LogP contribution >= 0.6 is 12.4 Å². The Hall–Kier alpha value is -3.11. The number of ether oxygens (including phenoxy) is 1. The van der Waals surface area contributed by atoms with Gasteiger partial charge in [0, 0.05) is 11.1 Å². The summed E-state index contributed by atoms with van der Waals surface area (Å²) in [6, 6.07) is 18.1. The monoisotopic (exact) mass is 405 g/mol. The molecule has 0 radical (unpaired) electrons. The van der Waals surface area contributed by atoms with Crippen LogP contribution in [0.5, 0.6) is 11.5 Å². The fourth-order valence-corrected chi connectivity index (χ4v) is 3.20. The summed E-state index contributed by atoms with van der Waals surface area (Å²) in [5, 5.41) is 4.51. The van der Waals surface area contributed by atoms with E-state index in [1.165, 1.54) is 11.1 Å². The highest BCUT2D eigenvalue weighted by Gasteiger charge is 2.11. The third-order valence-corrected chi connectivity index (χ3v) is 5.21. The molecule has 0 aliphatic carbocycles. The number of fused-ring (bicyclic) bond motifs is 1. The highest BCUT2D eigenvalue weighted by molar-refractivity contribution is 5.92. The third kappa shape index (κ3) is 4.17. The quantitative estimate of drug-likeness (QED) is 0.404. The molecule has 0 unspecified atom stereocenters. The largest absolute Gasteiger partial charge is 0.457 e. The number of nitrogens with zero attached hydrogens (tertiary/aromatic N) is 2. The summed E-state index contributed by atoms with van der Waals surface area (Å²) < 4.78 is 6.04. The van der Waals surface area contributed by atoms with Gasteiger partial charge in [0.05, 0.1) is 5.52 Å². The molecule has 0 saturated carbocycles. The molecule has 5 heteroatoms. The molecule has 0 fully saturated rings. The third-order valence-electron chi connectivity index (χ3n) is 5.21. The number of anilines is 2. The van der Waals surface area contributed by atoms with Gasteiger partial charge in [-0.25, -0.2) is 9.97 Å². The first-order valence-corrected chi connectivity index (χ1v) is 9.35. The predicted octanol–water partition coefficient (Wildman–Crippen LogP) is 6.82. The maximum atomic E-state index is 6.04. The molecule has 1 N–H and O–H groups in total. The van der Waals surface area contributed by atoms with Crippen LogP contribution < -0.4 is 10.1 Å². The summed E-state index contributed by atoms with van der Waals surface area (Å²) in [4.78, 5) is 8.90. The van der Waals surface area contributed by atoms with Crippen molar-refractivity contribution in [3.63, 3.8) is 0 Å². The summed E-state index contributed by atoms with van der Waals surface area (Å²) in [6.07, 6.45) is 1.61. The van der Waals surface area contributed by atoms with Crippen LogP contribution in [-0.4, -0.2) is 9.97 Å². The molecule has 29 heavy (non-hydrogen) atoms. The van der Waals surface area contributed by atoms with Crippen molar-refractivity contribution in [1.29, 1.82) is 0 Å². The number of aryl methyl sites for hydroxylation is 2. The fraction of sp³-hybridized carbons (Fsp3) is 0.167. The molecule has 0 aliphatic heterocycles. The Morgan fingerprint density at radius 2 is 1.52 bits per heavy atom. The van der Waals surface area contributed by atoms with Gasteiger partial charge in [-0.2, -0.15) is 0 Å². The van der Waals surface area contributed by atoms with Crippen LogP contribution in [0.3, 0.4) is 0 Å². The number of rotatable bonds is 4. The Balaban J connectivity index is 0.00000240. The molecule has 4 rings (SSSR count). The lowest BCUT2D eigenvalue weighted by Crippen LogP contribution is -2.00. The Kier molecular flexibility index (Phi) is 6.04. The molecule has 4 nitrogen and oxygen atoms in total. The van der Waals surface area contributed by atoms with Gasteiger partial charge in [0.1, 0.15) is 23.6 Å². The van der Waals surface area contributed by atoms with Gasteiger partial charge < -0.3 is 10.1 Å². The first kappa shape index (κ1) is 20.6. The minimum Gasteiger partial charge on any atom is -0.457 e. The van der Waals surface area contributed by atoms with Gasteiger partial charge in [-0.3, -0.25) is 0 Å². The van der Waals surface area contributed by atoms with E-state index in [0.717, 1.165) is 45.0 Å². The maximum Gasteiger partial charge on any atom is 0.141 e. The van der Waals surface area contributed by atoms with Crippen LogP contribution in [0.2, 0.25) is 0 Å². The van der Waals surface area contributed by atoms with Crippen molar-refractivity contribution in [1.82, 2.24) is 9.97 Å². The second-order valence-corrected chi connectivity index (χ2v) is 7.08. The average molecular weight is 406 g/mol. The Morgan fingerprint density at radius 3 is 2.28 bits per heavy atom. The average Bonchev–Trinajstić information content (AvgIpc) is 2.70. The molecule has 4 aromatic rings.